The van der Waals surface area contributed by atoms with Crippen LogP contribution in [-0.4, -0.2) is 17.8 Å². The SMILES string of the molecule is CCC(C)(C)C(O)C(CN)c1ccc(C(C)C)cc1. The molecule has 0 radical (unpaired) electrons. The second kappa shape index (κ2) is 6.53. The number of aliphatic hydroxyl groups excluding tert-OH is 1. The summed E-state index contributed by atoms with van der Waals surface area (Å²) in [5, 5.41) is 10.6. The molecule has 2 unspecified atom stereocenters. The van der Waals surface area contributed by atoms with Crippen LogP contribution in [0.2, 0.25) is 0 Å². The van der Waals surface area contributed by atoms with Crippen molar-refractivity contribution in [3.05, 3.63) is 35.4 Å². The molecular weight excluding hydrogens is 234 g/mol. The average Bonchev–Trinajstić information content (AvgIpc) is 2.40. The highest BCUT2D eigenvalue weighted by Crippen LogP contribution is 2.34. The Morgan fingerprint density at radius 1 is 1.11 bits per heavy atom. The number of rotatable bonds is 6. The van der Waals surface area contributed by atoms with E-state index in [1.54, 1.807) is 0 Å². The maximum absolute atomic E-state index is 10.6. The summed E-state index contributed by atoms with van der Waals surface area (Å²) >= 11 is 0. The van der Waals surface area contributed by atoms with Crippen LogP contribution in [0.4, 0.5) is 0 Å². The first-order valence-electron chi connectivity index (χ1n) is 7.31. The molecule has 0 heterocycles. The molecule has 0 fully saturated rings. The Hall–Kier alpha value is -0.860. The Bertz CT molecular complexity index is 381. The minimum Gasteiger partial charge on any atom is -0.392 e. The van der Waals surface area contributed by atoms with Crippen LogP contribution in [-0.2, 0) is 0 Å². The lowest BCUT2D eigenvalue weighted by molar-refractivity contribution is 0.0264. The van der Waals surface area contributed by atoms with Gasteiger partial charge in [-0.2, -0.15) is 0 Å². The van der Waals surface area contributed by atoms with Crippen LogP contribution in [0.25, 0.3) is 0 Å². The summed E-state index contributed by atoms with van der Waals surface area (Å²) < 4.78 is 0. The molecule has 108 valence electrons. The molecule has 0 aliphatic carbocycles. The summed E-state index contributed by atoms with van der Waals surface area (Å²) in [6, 6.07) is 8.52. The minimum atomic E-state index is -0.410. The summed E-state index contributed by atoms with van der Waals surface area (Å²) in [5.41, 5.74) is 8.25. The lowest BCUT2D eigenvalue weighted by Crippen LogP contribution is -2.37. The van der Waals surface area contributed by atoms with Crippen LogP contribution in [0.5, 0.6) is 0 Å². The number of nitrogens with two attached hydrogens (primary N) is 1. The van der Waals surface area contributed by atoms with Crippen molar-refractivity contribution in [2.24, 2.45) is 11.1 Å². The first kappa shape index (κ1) is 16.2. The van der Waals surface area contributed by atoms with Crippen LogP contribution in [0.15, 0.2) is 24.3 Å². The molecule has 2 nitrogen and oxygen atoms in total. The second-order valence-electron chi connectivity index (χ2n) is 6.45. The third kappa shape index (κ3) is 3.80. The molecule has 1 aromatic rings. The highest BCUT2D eigenvalue weighted by atomic mass is 16.3. The summed E-state index contributed by atoms with van der Waals surface area (Å²) in [4.78, 5) is 0. The van der Waals surface area contributed by atoms with Gasteiger partial charge >= 0.3 is 0 Å². The number of hydrogen-bond acceptors (Lipinski definition) is 2. The maximum Gasteiger partial charge on any atom is 0.0671 e. The first-order chi connectivity index (χ1) is 8.83. The van der Waals surface area contributed by atoms with Gasteiger partial charge in [0.25, 0.3) is 0 Å². The molecule has 19 heavy (non-hydrogen) atoms. The Morgan fingerprint density at radius 2 is 1.58 bits per heavy atom. The quantitative estimate of drug-likeness (QED) is 0.823. The van der Waals surface area contributed by atoms with Crippen molar-refractivity contribution in [3.8, 4) is 0 Å². The van der Waals surface area contributed by atoms with E-state index in [1.807, 2.05) is 0 Å². The van der Waals surface area contributed by atoms with Gasteiger partial charge in [0.1, 0.15) is 0 Å². The van der Waals surface area contributed by atoms with Crippen molar-refractivity contribution in [1.82, 2.24) is 0 Å². The van der Waals surface area contributed by atoms with E-state index in [0.717, 1.165) is 12.0 Å². The van der Waals surface area contributed by atoms with E-state index >= 15 is 0 Å². The second-order valence-corrected chi connectivity index (χ2v) is 6.45. The predicted octanol–water partition coefficient (Wildman–Crippen LogP) is 3.65. The lowest BCUT2D eigenvalue weighted by atomic mass is 9.75. The summed E-state index contributed by atoms with van der Waals surface area (Å²) in [6.07, 6.45) is 0.529. The summed E-state index contributed by atoms with van der Waals surface area (Å²) in [6.45, 7) is 11.2. The van der Waals surface area contributed by atoms with Crippen molar-refractivity contribution in [2.45, 2.75) is 59.0 Å². The van der Waals surface area contributed by atoms with Gasteiger partial charge in [-0.3, -0.25) is 0 Å². The Kier molecular flexibility index (Phi) is 5.57. The fourth-order valence-electron chi connectivity index (χ4n) is 2.33. The molecule has 0 aliphatic rings. The number of benzene rings is 1. The lowest BCUT2D eigenvalue weighted by Gasteiger charge is -2.35. The van der Waals surface area contributed by atoms with Crippen LogP contribution in [0.1, 0.15) is 64.0 Å². The highest BCUT2D eigenvalue weighted by molar-refractivity contribution is 5.28. The molecule has 0 saturated carbocycles. The molecule has 0 bridgehead atoms. The third-order valence-corrected chi connectivity index (χ3v) is 4.38. The molecule has 1 aromatic carbocycles. The Labute approximate surface area is 118 Å². The van der Waals surface area contributed by atoms with Crippen molar-refractivity contribution in [2.75, 3.05) is 6.54 Å². The van der Waals surface area contributed by atoms with E-state index in [-0.39, 0.29) is 11.3 Å². The van der Waals surface area contributed by atoms with Gasteiger partial charge in [0, 0.05) is 12.5 Å². The van der Waals surface area contributed by atoms with E-state index in [4.69, 9.17) is 5.73 Å². The van der Waals surface area contributed by atoms with E-state index in [1.165, 1.54) is 5.56 Å². The molecule has 0 amide bonds. The minimum absolute atomic E-state index is 0.0103. The zero-order valence-corrected chi connectivity index (χ0v) is 13.0. The van der Waals surface area contributed by atoms with Gasteiger partial charge in [-0.25, -0.2) is 0 Å². The van der Waals surface area contributed by atoms with Crippen LogP contribution in [0, 0.1) is 5.41 Å². The van der Waals surface area contributed by atoms with Crippen LogP contribution in [0.3, 0.4) is 0 Å². The van der Waals surface area contributed by atoms with Crippen molar-refractivity contribution >= 4 is 0 Å². The normalized spacial score (nSPS) is 15.6. The van der Waals surface area contributed by atoms with Crippen molar-refractivity contribution in [3.63, 3.8) is 0 Å². The van der Waals surface area contributed by atoms with Gasteiger partial charge in [-0.1, -0.05) is 58.9 Å². The molecule has 3 N–H and O–H groups in total. The van der Waals surface area contributed by atoms with Gasteiger partial charge in [0.05, 0.1) is 6.10 Å². The van der Waals surface area contributed by atoms with E-state index in [9.17, 15) is 5.11 Å². The standard InChI is InChI=1S/C17H29NO/c1-6-17(4,5)16(19)15(11-18)14-9-7-13(8-10-14)12(2)3/h7-10,12,15-16,19H,6,11,18H2,1-5H3. The zero-order chi connectivity index (χ0) is 14.6. The molecule has 0 aromatic heterocycles. The maximum atomic E-state index is 10.6. The van der Waals surface area contributed by atoms with E-state index in [2.05, 4.69) is 58.9 Å². The monoisotopic (exact) mass is 263 g/mol. The largest absolute Gasteiger partial charge is 0.392 e. The van der Waals surface area contributed by atoms with Gasteiger partial charge in [0.2, 0.25) is 0 Å². The predicted molar refractivity (Wildman–Crippen MR) is 82.4 cm³/mol. The van der Waals surface area contributed by atoms with Crippen LogP contribution >= 0.6 is 0 Å². The van der Waals surface area contributed by atoms with Gasteiger partial charge in [-0.05, 0) is 28.9 Å². The Balaban J connectivity index is 2.97. The van der Waals surface area contributed by atoms with E-state index in [0.29, 0.717) is 12.5 Å². The fourth-order valence-corrected chi connectivity index (χ4v) is 2.33. The van der Waals surface area contributed by atoms with Gasteiger partial charge in [-0.15, -0.1) is 0 Å². The van der Waals surface area contributed by atoms with Gasteiger partial charge in [0.15, 0.2) is 0 Å². The molecule has 2 atom stereocenters. The molecule has 0 saturated heterocycles. The molecular formula is C17H29NO. The third-order valence-electron chi connectivity index (χ3n) is 4.38. The van der Waals surface area contributed by atoms with Crippen molar-refractivity contribution < 1.29 is 5.11 Å². The summed E-state index contributed by atoms with van der Waals surface area (Å²) in [5.74, 6) is 0.540. The number of hydrogen-bond donors (Lipinski definition) is 2. The fraction of sp³-hybridized carbons (Fsp3) is 0.647. The molecule has 2 heteroatoms. The average molecular weight is 263 g/mol. The van der Waals surface area contributed by atoms with Crippen LogP contribution < -0.4 is 5.73 Å². The first-order valence-corrected chi connectivity index (χ1v) is 7.31. The summed E-state index contributed by atoms with van der Waals surface area (Å²) in [7, 11) is 0. The molecule has 0 spiro atoms. The zero-order valence-electron chi connectivity index (χ0n) is 13.0. The highest BCUT2D eigenvalue weighted by Gasteiger charge is 2.32. The van der Waals surface area contributed by atoms with Gasteiger partial charge < -0.3 is 10.8 Å². The molecule has 1 rings (SSSR count). The molecule has 0 aliphatic heterocycles. The topological polar surface area (TPSA) is 46.2 Å². The van der Waals surface area contributed by atoms with E-state index < -0.39 is 6.10 Å². The van der Waals surface area contributed by atoms with Crippen molar-refractivity contribution in [1.29, 1.82) is 0 Å². The smallest absolute Gasteiger partial charge is 0.0671 e. The number of aliphatic hydroxyl groups is 1. The Morgan fingerprint density at radius 3 is 1.95 bits per heavy atom.